The number of nitrogens with zero attached hydrogens (tertiary/aromatic N) is 4. The molecule has 0 aliphatic carbocycles. The zero-order chi connectivity index (χ0) is 15.6. The van der Waals surface area contributed by atoms with Crippen LogP contribution in [-0.2, 0) is 16.4 Å². The predicted molar refractivity (Wildman–Crippen MR) is 77.5 cm³/mol. The number of carbonyl (C=O) groups is 1. The van der Waals surface area contributed by atoms with E-state index in [4.69, 9.17) is 0 Å². The molecule has 2 aromatic rings. The van der Waals surface area contributed by atoms with Crippen LogP contribution in [0.4, 0.5) is 0 Å². The SMILES string of the molecule is O=C(N[C@H]1C=CS(=O)(=O)C1)c1ccc(Cn2cnnn2)cc1. The Morgan fingerprint density at radius 1 is 1.32 bits per heavy atom. The molecule has 0 unspecified atom stereocenters. The van der Waals surface area contributed by atoms with Crippen LogP contribution in [0.2, 0.25) is 0 Å². The lowest BCUT2D eigenvalue weighted by molar-refractivity contribution is 0.0947. The Bertz CT molecular complexity index is 797. The van der Waals surface area contributed by atoms with Gasteiger partial charge in [0.05, 0.1) is 18.3 Å². The van der Waals surface area contributed by atoms with Gasteiger partial charge in [-0.05, 0) is 34.2 Å². The molecule has 1 aromatic heterocycles. The maximum absolute atomic E-state index is 12.1. The number of amides is 1. The van der Waals surface area contributed by atoms with Crippen molar-refractivity contribution in [1.82, 2.24) is 25.5 Å². The van der Waals surface area contributed by atoms with Gasteiger partial charge < -0.3 is 5.32 Å². The molecule has 0 spiro atoms. The van der Waals surface area contributed by atoms with Gasteiger partial charge in [-0.1, -0.05) is 12.1 Å². The Hall–Kier alpha value is -2.55. The van der Waals surface area contributed by atoms with Gasteiger partial charge in [0.2, 0.25) is 0 Å². The van der Waals surface area contributed by atoms with Crippen molar-refractivity contribution in [2.45, 2.75) is 12.6 Å². The van der Waals surface area contributed by atoms with Crippen LogP contribution in [0.25, 0.3) is 0 Å². The first kappa shape index (κ1) is 14.4. The molecule has 1 atom stereocenters. The quantitative estimate of drug-likeness (QED) is 0.833. The highest BCUT2D eigenvalue weighted by molar-refractivity contribution is 7.94. The third-order valence-corrected chi connectivity index (χ3v) is 4.59. The van der Waals surface area contributed by atoms with Gasteiger partial charge in [0, 0.05) is 11.0 Å². The molecule has 1 amide bonds. The summed E-state index contributed by atoms with van der Waals surface area (Å²) in [6.07, 6.45) is 2.99. The first-order valence-corrected chi connectivity index (χ1v) is 8.25. The van der Waals surface area contributed by atoms with E-state index in [2.05, 4.69) is 20.8 Å². The van der Waals surface area contributed by atoms with E-state index in [1.165, 1.54) is 12.4 Å². The molecule has 9 heteroatoms. The molecule has 1 N–H and O–H groups in total. The largest absolute Gasteiger partial charge is 0.345 e. The molecule has 1 aliphatic rings. The molecule has 0 radical (unpaired) electrons. The van der Waals surface area contributed by atoms with Crippen molar-refractivity contribution >= 4 is 15.7 Å². The predicted octanol–water partition coefficient (Wildman–Crippen LogP) is -0.238. The monoisotopic (exact) mass is 319 g/mol. The Morgan fingerprint density at radius 3 is 2.68 bits per heavy atom. The summed E-state index contributed by atoms with van der Waals surface area (Å²) in [5.41, 5.74) is 1.42. The van der Waals surface area contributed by atoms with Gasteiger partial charge in [-0.25, -0.2) is 13.1 Å². The average molecular weight is 319 g/mol. The summed E-state index contributed by atoms with van der Waals surface area (Å²) in [7, 11) is -3.18. The van der Waals surface area contributed by atoms with Crippen LogP contribution in [-0.4, -0.2) is 46.3 Å². The molecular formula is C13H13N5O3S. The smallest absolute Gasteiger partial charge is 0.251 e. The van der Waals surface area contributed by atoms with E-state index >= 15 is 0 Å². The Labute approximate surface area is 126 Å². The number of tetrazole rings is 1. The second-order valence-electron chi connectivity index (χ2n) is 4.94. The number of carbonyl (C=O) groups excluding carboxylic acids is 1. The van der Waals surface area contributed by atoms with Crippen molar-refractivity contribution in [1.29, 1.82) is 0 Å². The highest BCUT2D eigenvalue weighted by atomic mass is 32.2. The summed E-state index contributed by atoms with van der Waals surface area (Å²) in [4.78, 5) is 12.1. The van der Waals surface area contributed by atoms with Gasteiger partial charge in [-0.2, -0.15) is 0 Å². The summed E-state index contributed by atoms with van der Waals surface area (Å²) in [6.45, 7) is 0.512. The minimum atomic E-state index is -3.18. The highest BCUT2D eigenvalue weighted by Gasteiger charge is 2.23. The topological polar surface area (TPSA) is 107 Å². The van der Waals surface area contributed by atoms with Gasteiger partial charge >= 0.3 is 0 Å². The van der Waals surface area contributed by atoms with Gasteiger partial charge in [0.25, 0.3) is 5.91 Å². The normalized spacial score (nSPS) is 19.2. The summed E-state index contributed by atoms with van der Waals surface area (Å²) in [6, 6.07) is 6.50. The molecule has 22 heavy (non-hydrogen) atoms. The Balaban J connectivity index is 1.63. The second-order valence-corrected chi connectivity index (χ2v) is 6.87. The first-order chi connectivity index (χ1) is 10.5. The molecule has 114 valence electrons. The fourth-order valence-electron chi connectivity index (χ4n) is 2.12. The number of benzene rings is 1. The molecule has 0 saturated carbocycles. The lowest BCUT2D eigenvalue weighted by Gasteiger charge is -2.10. The Morgan fingerprint density at radius 2 is 2.09 bits per heavy atom. The van der Waals surface area contributed by atoms with E-state index in [9.17, 15) is 13.2 Å². The number of sulfone groups is 1. The van der Waals surface area contributed by atoms with Gasteiger partial charge in [-0.15, -0.1) is 5.10 Å². The van der Waals surface area contributed by atoms with Crippen molar-refractivity contribution in [3.8, 4) is 0 Å². The van der Waals surface area contributed by atoms with Crippen molar-refractivity contribution in [3.63, 3.8) is 0 Å². The number of hydrogen-bond acceptors (Lipinski definition) is 6. The number of aromatic nitrogens is 4. The molecule has 2 heterocycles. The maximum atomic E-state index is 12.1. The average Bonchev–Trinajstić information content (AvgIpc) is 3.09. The van der Waals surface area contributed by atoms with Crippen LogP contribution in [0.3, 0.4) is 0 Å². The van der Waals surface area contributed by atoms with Gasteiger partial charge in [-0.3, -0.25) is 4.79 Å². The highest BCUT2D eigenvalue weighted by Crippen LogP contribution is 2.10. The van der Waals surface area contributed by atoms with Crippen LogP contribution in [0, 0.1) is 0 Å². The van der Waals surface area contributed by atoms with E-state index in [0.717, 1.165) is 11.0 Å². The maximum Gasteiger partial charge on any atom is 0.251 e. The second kappa shape index (κ2) is 5.68. The van der Waals surface area contributed by atoms with Crippen LogP contribution < -0.4 is 5.32 Å². The molecule has 1 aliphatic heterocycles. The van der Waals surface area contributed by atoms with E-state index < -0.39 is 15.9 Å². The van der Waals surface area contributed by atoms with E-state index in [-0.39, 0.29) is 11.7 Å². The fraction of sp³-hybridized carbons (Fsp3) is 0.231. The lowest BCUT2D eigenvalue weighted by Crippen LogP contribution is -2.35. The van der Waals surface area contributed by atoms with Crippen LogP contribution in [0.5, 0.6) is 0 Å². The zero-order valence-corrected chi connectivity index (χ0v) is 12.3. The minimum absolute atomic E-state index is 0.0872. The van der Waals surface area contributed by atoms with Crippen LogP contribution in [0.15, 0.2) is 42.1 Å². The van der Waals surface area contributed by atoms with Gasteiger partial charge in [0.1, 0.15) is 6.33 Å². The summed E-state index contributed by atoms with van der Waals surface area (Å²) >= 11 is 0. The van der Waals surface area contributed by atoms with E-state index in [1.807, 2.05) is 0 Å². The molecule has 1 aromatic carbocycles. The number of hydrogen-bond donors (Lipinski definition) is 1. The fourth-order valence-corrected chi connectivity index (χ4v) is 3.35. The summed E-state index contributed by atoms with van der Waals surface area (Å²) < 4.78 is 24.2. The third-order valence-electron chi connectivity index (χ3n) is 3.20. The first-order valence-electron chi connectivity index (χ1n) is 6.53. The third kappa shape index (κ3) is 3.37. The molecule has 0 saturated heterocycles. The van der Waals surface area contributed by atoms with Gasteiger partial charge in [0.15, 0.2) is 9.84 Å². The Kier molecular flexibility index (Phi) is 3.72. The molecule has 0 fully saturated rings. The van der Waals surface area contributed by atoms with Crippen LogP contribution >= 0.6 is 0 Å². The molecule has 3 rings (SSSR count). The standard InChI is InChI=1S/C13H13N5O3S/c19-13(15-12-5-6-22(20,21)8-12)11-3-1-10(2-4-11)7-18-9-14-16-17-18/h1-6,9,12H,7-8H2,(H,15,19)/t12-/m0/s1. The van der Waals surface area contributed by atoms with Crippen molar-refractivity contribution in [2.75, 3.05) is 5.75 Å². The van der Waals surface area contributed by atoms with E-state index in [1.54, 1.807) is 28.9 Å². The molecular weight excluding hydrogens is 306 g/mol. The number of rotatable bonds is 4. The minimum Gasteiger partial charge on any atom is -0.345 e. The molecule has 8 nitrogen and oxygen atoms in total. The number of nitrogens with one attached hydrogen (secondary N) is 1. The lowest BCUT2D eigenvalue weighted by atomic mass is 10.1. The zero-order valence-electron chi connectivity index (χ0n) is 11.5. The summed E-state index contributed by atoms with van der Waals surface area (Å²) in [5.74, 6) is -0.392. The van der Waals surface area contributed by atoms with E-state index in [0.29, 0.717) is 12.1 Å². The summed E-state index contributed by atoms with van der Waals surface area (Å²) in [5, 5.41) is 14.7. The van der Waals surface area contributed by atoms with Crippen LogP contribution in [0.1, 0.15) is 15.9 Å². The molecule has 0 bridgehead atoms. The van der Waals surface area contributed by atoms with Crippen molar-refractivity contribution in [2.24, 2.45) is 0 Å². The van der Waals surface area contributed by atoms with Crippen molar-refractivity contribution < 1.29 is 13.2 Å². The van der Waals surface area contributed by atoms with Crippen molar-refractivity contribution in [3.05, 3.63) is 53.2 Å².